The Morgan fingerprint density at radius 1 is 1.02 bits per heavy atom. The number of rotatable bonds is 14. The highest BCUT2D eigenvalue weighted by Gasteiger charge is 2.59. The van der Waals surface area contributed by atoms with Crippen LogP contribution in [0.3, 0.4) is 0 Å². The molecule has 6 nitrogen and oxygen atoms in total. The molecule has 242 valence electrons. The van der Waals surface area contributed by atoms with E-state index in [-0.39, 0.29) is 12.1 Å². The van der Waals surface area contributed by atoms with Crippen molar-refractivity contribution >= 4 is 13.6 Å². The number of allylic oxidation sites excluding steroid dienone is 1. The van der Waals surface area contributed by atoms with Gasteiger partial charge in [-0.2, -0.15) is 0 Å². The first-order chi connectivity index (χ1) is 19.8. The van der Waals surface area contributed by atoms with E-state index in [0.717, 1.165) is 74.0 Å². The third kappa shape index (κ3) is 8.25. The Hall–Kier alpha value is -0.840. The van der Waals surface area contributed by atoms with Crippen LogP contribution in [0.4, 0.5) is 4.79 Å². The predicted molar refractivity (Wildman–Crippen MR) is 174 cm³/mol. The lowest BCUT2D eigenvalue weighted by atomic mass is 9.47. The predicted octanol–water partition coefficient (Wildman–Crippen LogP) is 9.09. The zero-order valence-electron chi connectivity index (χ0n) is 27.8. The summed E-state index contributed by atoms with van der Waals surface area (Å²) in [6, 6.07) is 0.194. The summed E-state index contributed by atoms with van der Waals surface area (Å²) in [7, 11) is -3.37. The Balaban J connectivity index is 1.23. The lowest BCUT2D eigenvalue weighted by Crippen LogP contribution is -2.52. The molecule has 0 aromatic rings. The third-order valence-electron chi connectivity index (χ3n) is 12.3. The molecular weight excluding hydrogens is 543 g/mol. The van der Waals surface area contributed by atoms with Gasteiger partial charge in [-0.3, -0.25) is 4.57 Å². The summed E-state index contributed by atoms with van der Waals surface area (Å²) in [6.07, 6.45) is 20.6. The van der Waals surface area contributed by atoms with Gasteiger partial charge in [-0.15, -0.1) is 0 Å². The molecule has 0 aromatic carbocycles. The molecule has 3 fully saturated rings. The summed E-state index contributed by atoms with van der Waals surface area (Å²) in [5.74, 6) is 5.14. The Morgan fingerprint density at radius 2 is 1.79 bits per heavy atom. The molecule has 0 heterocycles. The van der Waals surface area contributed by atoms with Crippen molar-refractivity contribution in [3.05, 3.63) is 11.6 Å². The summed E-state index contributed by atoms with van der Waals surface area (Å²) >= 11 is 0. The first kappa shape index (κ1) is 34.0. The fraction of sp³-hybridized carbons (Fsp3) is 0.914. The lowest BCUT2D eigenvalue weighted by molar-refractivity contribution is -0.0512. The van der Waals surface area contributed by atoms with Crippen molar-refractivity contribution in [1.82, 2.24) is 10.6 Å². The van der Waals surface area contributed by atoms with Crippen molar-refractivity contribution in [2.24, 2.45) is 46.3 Å². The molecule has 2 amide bonds. The molecule has 3 saturated carbocycles. The largest absolute Gasteiger partial charge is 0.338 e. The van der Waals surface area contributed by atoms with Crippen LogP contribution in [0.15, 0.2) is 11.6 Å². The third-order valence-corrected chi connectivity index (χ3v) is 13.0. The first-order valence-electron chi connectivity index (χ1n) is 17.5. The fourth-order valence-electron chi connectivity index (χ4n) is 10.1. The van der Waals surface area contributed by atoms with Crippen LogP contribution in [-0.2, 0) is 9.09 Å². The van der Waals surface area contributed by atoms with Gasteiger partial charge < -0.3 is 20.1 Å². The fourth-order valence-corrected chi connectivity index (χ4v) is 10.5. The van der Waals surface area contributed by atoms with E-state index in [4.69, 9.17) is 9.42 Å². The van der Waals surface area contributed by atoms with E-state index in [9.17, 15) is 9.36 Å². The zero-order valence-corrected chi connectivity index (χ0v) is 28.7. The Labute approximate surface area is 257 Å². The van der Waals surface area contributed by atoms with E-state index < -0.39 is 7.60 Å². The summed E-state index contributed by atoms with van der Waals surface area (Å²) in [5.41, 5.74) is 2.47. The van der Waals surface area contributed by atoms with Gasteiger partial charge in [0.05, 0.1) is 6.61 Å². The van der Waals surface area contributed by atoms with Crippen molar-refractivity contribution in [1.29, 1.82) is 0 Å². The first-order valence-corrected chi connectivity index (χ1v) is 19.5. The highest BCUT2D eigenvalue weighted by atomic mass is 31.2. The van der Waals surface area contributed by atoms with Crippen LogP contribution in [0.5, 0.6) is 0 Å². The number of amides is 2. The quantitative estimate of drug-likeness (QED) is 0.105. The van der Waals surface area contributed by atoms with Gasteiger partial charge in [-0.25, -0.2) is 4.79 Å². The molecule has 42 heavy (non-hydrogen) atoms. The number of fused-ring (bicyclic) bond motifs is 5. The second-order valence-electron chi connectivity index (χ2n) is 15.7. The van der Waals surface area contributed by atoms with E-state index in [2.05, 4.69) is 51.3 Å². The van der Waals surface area contributed by atoms with Crippen molar-refractivity contribution in [3.8, 4) is 0 Å². The number of carbonyl (C=O) groups is 1. The molecule has 0 spiro atoms. The van der Waals surface area contributed by atoms with E-state index in [0.29, 0.717) is 24.0 Å². The molecule has 7 heteroatoms. The van der Waals surface area contributed by atoms with Crippen LogP contribution in [0.25, 0.3) is 0 Å². The normalized spacial score (nSPS) is 36.3. The van der Waals surface area contributed by atoms with Crippen LogP contribution < -0.4 is 10.6 Å². The van der Waals surface area contributed by atoms with E-state index in [1.807, 2.05) is 0 Å². The molecule has 4 aliphatic carbocycles. The molecule has 0 saturated heterocycles. The van der Waals surface area contributed by atoms with Crippen LogP contribution in [0.1, 0.15) is 131 Å². The van der Waals surface area contributed by atoms with Gasteiger partial charge in [-0.05, 0) is 111 Å². The van der Waals surface area contributed by atoms with Crippen molar-refractivity contribution in [2.45, 2.75) is 137 Å². The molecule has 4 aliphatic rings. The Morgan fingerprint density at radius 3 is 2.52 bits per heavy atom. The van der Waals surface area contributed by atoms with Crippen LogP contribution in [-0.4, -0.2) is 36.8 Å². The molecule has 4 rings (SSSR count). The van der Waals surface area contributed by atoms with Gasteiger partial charge in [0, 0.05) is 19.3 Å². The SMILES string of the molecule is CC(C)CCC[C@@H](C)[C@H]1CC[C@H]2[C@@H]3CC=C4C[C@@H](NC(=O)NCCCCCCOP(C)(=O)O)CC[C@]4(C)[C@H]3CC[C@]12C. The minimum atomic E-state index is -3.37. The van der Waals surface area contributed by atoms with Crippen LogP contribution >= 0.6 is 7.60 Å². The molecular formula is C35H63N2O4P. The van der Waals surface area contributed by atoms with Crippen LogP contribution in [0.2, 0.25) is 0 Å². The lowest BCUT2D eigenvalue weighted by Gasteiger charge is -2.58. The van der Waals surface area contributed by atoms with Gasteiger partial charge in [0.15, 0.2) is 0 Å². The Bertz CT molecular complexity index is 978. The minimum Gasteiger partial charge on any atom is -0.338 e. The van der Waals surface area contributed by atoms with E-state index in [1.54, 1.807) is 5.57 Å². The Kier molecular flexibility index (Phi) is 11.8. The molecule has 0 bridgehead atoms. The molecule has 9 atom stereocenters. The highest BCUT2D eigenvalue weighted by molar-refractivity contribution is 7.51. The van der Waals surface area contributed by atoms with Crippen LogP contribution in [0, 0.1) is 46.3 Å². The second-order valence-corrected chi connectivity index (χ2v) is 17.5. The number of urea groups is 1. The molecule has 1 unspecified atom stereocenters. The monoisotopic (exact) mass is 606 g/mol. The van der Waals surface area contributed by atoms with E-state index in [1.165, 1.54) is 64.5 Å². The number of carbonyl (C=O) groups excluding carboxylic acids is 1. The second kappa shape index (κ2) is 14.5. The van der Waals surface area contributed by atoms with E-state index >= 15 is 0 Å². The van der Waals surface area contributed by atoms with Crippen molar-refractivity contribution < 1.29 is 18.8 Å². The smallest absolute Gasteiger partial charge is 0.325 e. The van der Waals surface area contributed by atoms with Gasteiger partial charge in [0.25, 0.3) is 0 Å². The standard InChI is InChI=1S/C35H63N2O4P/c1-25(2)12-11-13-26(3)30-16-17-31-29-15-14-27-24-28(18-20-34(27,4)32(29)19-21-35(30,31)5)37-33(38)36-22-9-7-8-10-23-41-42(6,39)40/h14,25-26,28-32H,7-13,15-24H2,1-6H3,(H,39,40)(H2,36,37,38)/t26-,28+,29+,30-,31+,32+,34+,35-/m1/s1. The topological polar surface area (TPSA) is 87.7 Å². The average molecular weight is 607 g/mol. The number of hydrogen-bond acceptors (Lipinski definition) is 3. The maximum absolute atomic E-state index is 12.6. The minimum absolute atomic E-state index is 0.0404. The number of unbranched alkanes of at least 4 members (excludes halogenated alkanes) is 3. The summed E-state index contributed by atoms with van der Waals surface area (Å²) in [6.45, 7) is 14.7. The molecule has 0 radical (unpaired) electrons. The molecule has 3 N–H and O–H groups in total. The number of nitrogens with one attached hydrogen (secondary N) is 2. The number of hydrogen-bond donors (Lipinski definition) is 3. The zero-order chi connectivity index (χ0) is 30.5. The summed E-state index contributed by atoms with van der Waals surface area (Å²) < 4.78 is 16.1. The van der Waals surface area contributed by atoms with Gasteiger partial charge >= 0.3 is 13.6 Å². The molecule has 0 aliphatic heterocycles. The van der Waals surface area contributed by atoms with Crippen molar-refractivity contribution in [2.75, 3.05) is 19.8 Å². The maximum atomic E-state index is 12.6. The molecule has 0 aromatic heterocycles. The maximum Gasteiger partial charge on any atom is 0.325 e. The summed E-state index contributed by atoms with van der Waals surface area (Å²) in [4.78, 5) is 21.8. The van der Waals surface area contributed by atoms with Crippen molar-refractivity contribution in [3.63, 3.8) is 0 Å². The summed E-state index contributed by atoms with van der Waals surface area (Å²) in [5, 5.41) is 6.33. The highest BCUT2D eigenvalue weighted by Crippen LogP contribution is 2.67. The van der Waals surface area contributed by atoms with Gasteiger partial charge in [-0.1, -0.05) is 78.4 Å². The van der Waals surface area contributed by atoms with Gasteiger partial charge in [0.1, 0.15) is 0 Å². The van der Waals surface area contributed by atoms with Gasteiger partial charge in [0.2, 0.25) is 0 Å². The average Bonchev–Trinajstić information content (AvgIpc) is 3.27.